The van der Waals surface area contributed by atoms with Gasteiger partial charge in [-0.15, -0.1) is 0 Å². The molecule has 3 rings (SSSR count). The summed E-state index contributed by atoms with van der Waals surface area (Å²) in [5.74, 6) is 1.21. The molecule has 1 atom stereocenters. The van der Waals surface area contributed by atoms with E-state index in [9.17, 15) is 4.79 Å². The Kier molecular flexibility index (Phi) is 5.63. The Balaban J connectivity index is 1.54. The number of nitrogens with zero attached hydrogens (tertiary/aromatic N) is 5. The summed E-state index contributed by atoms with van der Waals surface area (Å²) in [5.41, 5.74) is 0. The van der Waals surface area contributed by atoms with Gasteiger partial charge in [-0.25, -0.2) is 4.98 Å². The molecule has 24 heavy (non-hydrogen) atoms. The van der Waals surface area contributed by atoms with E-state index in [1.54, 1.807) is 12.4 Å². The largest absolute Gasteiger partial charge is 0.374 e. The fraction of sp³-hybridized carbons (Fsp3) is 0.588. The first-order valence-electron chi connectivity index (χ1n) is 8.63. The van der Waals surface area contributed by atoms with E-state index in [1.807, 2.05) is 28.0 Å². The third-order valence-electron chi connectivity index (χ3n) is 4.34. The van der Waals surface area contributed by atoms with Crippen molar-refractivity contribution in [1.82, 2.24) is 24.2 Å². The van der Waals surface area contributed by atoms with Crippen molar-refractivity contribution in [2.45, 2.75) is 45.4 Å². The van der Waals surface area contributed by atoms with E-state index in [1.165, 1.54) is 0 Å². The van der Waals surface area contributed by atoms with Gasteiger partial charge in [0.05, 0.1) is 12.6 Å². The summed E-state index contributed by atoms with van der Waals surface area (Å²) < 4.78 is 9.80. The van der Waals surface area contributed by atoms with Crippen LogP contribution >= 0.6 is 0 Å². The van der Waals surface area contributed by atoms with Gasteiger partial charge in [-0.1, -0.05) is 6.92 Å². The lowest BCUT2D eigenvalue weighted by Gasteiger charge is -2.24. The highest BCUT2D eigenvalue weighted by Crippen LogP contribution is 2.10. The SMILES string of the molecule is CCc1nccn1CCC(=O)N1CCCOC(Cn2cccn2)C1. The number of rotatable bonds is 6. The molecular weight excluding hydrogens is 306 g/mol. The first-order chi connectivity index (χ1) is 11.8. The Morgan fingerprint density at radius 2 is 2.29 bits per heavy atom. The van der Waals surface area contributed by atoms with Crippen molar-refractivity contribution in [2.75, 3.05) is 19.7 Å². The molecule has 7 heteroatoms. The van der Waals surface area contributed by atoms with Crippen molar-refractivity contribution in [3.8, 4) is 0 Å². The predicted molar refractivity (Wildman–Crippen MR) is 89.4 cm³/mol. The Hall–Kier alpha value is -2.15. The van der Waals surface area contributed by atoms with E-state index >= 15 is 0 Å². The summed E-state index contributed by atoms with van der Waals surface area (Å²) in [5, 5.41) is 4.22. The monoisotopic (exact) mass is 331 g/mol. The maximum absolute atomic E-state index is 12.6. The summed E-state index contributed by atoms with van der Waals surface area (Å²) in [6.07, 6.45) is 9.68. The van der Waals surface area contributed by atoms with Gasteiger partial charge in [0.1, 0.15) is 5.82 Å². The molecule has 0 radical (unpaired) electrons. The molecule has 1 fully saturated rings. The van der Waals surface area contributed by atoms with E-state index < -0.39 is 0 Å². The second-order valence-electron chi connectivity index (χ2n) is 6.05. The van der Waals surface area contributed by atoms with Crippen LogP contribution in [0.1, 0.15) is 25.6 Å². The van der Waals surface area contributed by atoms with Gasteiger partial charge in [-0.05, 0) is 12.5 Å². The average molecular weight is 331 g/mol. The van der Waals surface area contributed by atoms with Gasteiger partial charge in [0, 0.05) is 63.9 Å². The fourth-order valence-corrected chi connectivity index (χ4v) is 3.08. The molecule has 0 aromatic carbocycles. The van der Waals surface area contributed by atoms with Crippen molar-refractivity contribution >= 4 is 5.91 Å². The number of hydrogen-bond donors (Lipinski definition) is 0. The number of imidazole rings is 1. The van der Waals surface area contributed by atoms with Crippen LogP contribution in [0.4, 0.5) is 0 Å². The maximum atomic E-state index is 12.6. The predicted octanol–water partition coefficient (Wildman–Crippen LogP) is 1.35. The first-order valence-corrected chi connectivity index (χ1v) is 8.63. The van der Waals surface area contributed by atoms with Crippen molar-refractivity contribution in [3.63, 3.8) is 0 Å². The molecule has 3 heterocycles. The van der Waals surface area contributed by atoms with E-state index in [2.05, 4.69) is 21.6 Å². The van der Waals surface area contributed by atoms with Crippen LogP contribution in [0, 0.1) is 0 Å². The highest BCUT2D eigenvalue weighted by atomic mass is 16.5. The average Bonchev–Trinajstić information content (AvgIpc) is 3.20. The lowest BCUT2D eigenvalue weighted by Crippen LogP contribution is -2.38. The van der Waals surface area contributed by atoms with Crippen LogP contribution in [-0.2, 0) is 29.0 Å². The lowest BCUT2D eigenvalue weighted by atomic mass is 10.2. The summed E-state index contributed by atoms with van der Waals surface area (Å²) in [7, 11) is 0. The molecular formula is C17H25N5O2. The molecule has 1 amide bonds. The first kappa shape index (κ1) is 16.7. The molecule has 130 valence electrons. The molecule has 1 aliphatic rings. The number of carbonyl (C=O) groups is 1. The number of ether oxygens (including phenoxy) is 1. The molecule has 1 unspecified atom stereocenters. The fourth-order valence-electron chi connectivity index (χ4n) is 3.08. The molecule has 0 saturated carbocycles. The Morgan fingerprint density at radius 3 is 3.08 bits per heavy atom. The molecule has 7 nitrogen and oxygen atoms in total. The normalized spacial score (nSPS) is 18.5. The van der Waals surface area contributed by atoms with Crippen LogP contribution in [0.5, 0.6) is 0 Å². The molecule has 1 saturated heterocycles. The van der Waals surface area contributed by atoms with Gasteiger partial charge >= 0.3 is 0 Å². The third kappa shape index (κ3) is 4.23. The van der Waals surface area contributed by atoms with Gasteiger partial charge < -0.3 is 14.2 Å². The van der Waals surface area contributed by atoms with Crippen molar-refractivity contribution in [2.24, 2.45) is 0 Å². The Labute approximate surface area is 142 Å². The van der Waals surface area contributed by atoms with Gasteiger partial charge in [-0.3, -0.25) is 9.48 Å². The second kappa shape index (κ2) is 8.10. The van der Waals surface area contributed by atoms with Crippen LogP contribution in [0.25, 0.3) is 0 Å². The van der Waals surface area contributed by atoms with Crippen molar-refractivity contribution in [1.29, 1.82) is 0 Å². The zero-order valence-corrected chi connectivity index (χ0v) is 14.2. The van der Waals surface area contributed by atoms with Gasteiger partial charge in [0.25, 0.3) is 0 Å². The quantitative estimate of drug-likeness (QED) is 0.801. The van der Waals surface area contributed by atoms with Crippen LogP contribution < -0.4 is 0 Å². The maximum Gasteiger partial charge on any atom is 0.224 e. The van der Waals surface area contributed by atoms with Crippen LogP contribution in [0.15, 0.2) is 30.9 Å². The summed E-state index contributed by atoms with van der Waals surface area (Å²) in [6.45, 7) is 5.52. The number of carbonyl (C=O) groups excluding carboxylic acids is 1. The van der Waals surface area contributed by atoms with Gasteiger partial charge in [0.2, 0.25) is 5.91 Å². The second-order valence-corrected chi connectivity index (χ2v) is 6.05. The zero-order chi connectivity index (χ0) is 16.8. The van der Waals surface area contributed by atoms with Gasteiger partial charge in [-0.2, -0.15) is 5.10 Å². The van der Waals surface area contributed by atoms with E-state index in [4.69, 9.17) is 4.74 Å². The molecule has 0 aliphatic carbocycles. The molecule has 0 spiro atoms. The third-order valence-corrected chi connectivity index (χ3v) is 4.34. The topological polar surface area (TPSA) is 65.2 Å². The number of amides is 1. The standard InChI is InChI=1S/C17H25N5O2/c1-2-16-18-7-11-20(16)10-5-17(23)21-8-4-12-24-15(13-21)14-22-9-3-6-19-22/h3,6-7,9,11,15H,2,4-5,8,10,12-14H2,1H3. The minimum absolute atomic E-state index is 0.00389. The van der Waals surface area contributed by atoms with Crippen LogP contribution in [0.3, 0.4) is 0 Å². The molecule has 2 aromatic heterocycles. The summed E-state index contributed by atoms with van der Waals surface area (Å²) in [6, 6.07) is 1.90. The number of aryl methyl sites for hydroxylation is 2. The van der Waals surface area contributed by atoms with E-state index in [0.29, 0.717) is 32.7 Å². The highest BCUT2D eigenvalue weighted by Gasteiger charge is 2.23. The summed E-state index contributed by atoms with van der Waals surface area (Å²) >= 11 is 0. The van der Waals surface area contributed by atoms with Crippen LogP contribution in [0.2, 0.25) is 0 Å². The van der Waals surface area contributed by atoms with Gasteiger partial charge in [0.15, 0.2) is 0 Å². The Bertz CT molecular complexity index is 637. The Morgan fingerprint density at radius 1 is 1.38 bits per heavy atom. The summed E-state index contributed by atoms with van der Waals surface area (Å²) in [4.78, 5) is 18.8. The van der Waals surface area contributed by atoms with E-state index in [-0.39, 0.29) is 12.0 Å². The highest BCUT2D eigenvalue weighted by molar-refractivity contribution is 5.76. The molecule has 1 aliphatic heterocycles. The van der Waals surface area contributed by atoms with Crippen molar-refractivity contribution in [3.05, 3.63) is 36.7 Å². The number of hydrogen-bond acceptors (Lipinski definition) is 4. The molecule has 0 N–H and O–H groups in total. The van der Waals surface area contributed by atoms with Crippen molar-refractivity contribution < 1.29 is 9.53 Å². The zero-order valence-electron chi connectivity index (χ0n) is 14.2. The lowest BCUT2D eigenvalue weighted by molar-refractivity contribution is -0.132. The molecule has 2 aromatic rings. The smallest absolute Gasteiger partial charge is 0.224 e. The minimum Gasteiger partial charge on any atom is -0.374 e. The van der Waals surface area contributed by atoms with E-state index in [0.717, 1.165) is 25.2 Å². The minimum atomic E-state index is -0.00389. The van der Waals surface area contributed by atoms with Crippen LogP contribution in [-0.4, -0.2) is 55.9 Å². The molecule has 0 bridgehead atoms. The number of aromatic nitrogens is 4.